The molecule has 1 aliphatic heterocycles. The Bertz CT molecular complexity index is 468. The highest BCUT2D eigenvalue weighted by atomic mass is 79.9. The molecule has 0 unspecified atom stereocenters. The Labute approximate surface area is 165 Å². The van der Waals surface area contributed by atoms with Crippen LogP contribution in [0, 0.1) is 0 Å². The molecule has 0 amide bonds. The summed E-state index contributed by atoms with van der Waals surface area (Å²) in [5.74, 6) is 2.62. The number of benzene rings is 1. The van der Waals surface area contributed by atoms with Crippen LogP contribution >= 0.6 is 27.7 Å². The molecule has 1 heterocycles. The molecule has 1 atom stereocenters. The van der Waals surface area contributed by atoms with Gasteiger partial charge in [0.2, 0.25) is 0 Å². The molecular weight excluding hydrogens is 398 g/mol. The summed E-state index contributed by atoms with van der Waals surface area (Å²) in [6.45, 7) is 7.15. The van der Waals surface area contributed by atoms with Crippen LogP contribution in [0.5, 0.6) is 0 Å². The highest BCUT2D eigenvalue weighted by molar-refractivity contribution is 9.10. The average molecular weight is 430 g/mol. The van der Waals surface area contributed by atoms with Crippen LogP contribution in [0.1, 0.15) is 52.0 Å². The van der Waals surface area contributed by atoms with Crippen molar-refractivity contribution < 1.29 is 9.53 Å². The van der Waals surface area contributed by atoms with Gasteiger partial charge < -0.3 is 10.1 Å². The number of unbranched alkanes of at least 4 members (excludes halogenated alkanes) is 1. The molecule has 1 aromatic rings. The second kappa shape index (κ2) is 12.8. The highest BCUT2D eigenvalue weighted by Gasteiger charge is 2.12. The summed E-state index contributed by atoms with van der Waals surface area (Å²) < 4.78 is 5.72. The fraction of sp³-hybridized carbons (Fsp3) is 0.650. The predicted octanol–water partition coefficient (Wildman–Crippen LogP) is 5.21. The van der Waals surface area contributed by atoms with Gasteiger partial charge in [0.15, 0.2) is 0 Å². The van der Waals surface area contributed by atoms with Crippen LogP contribution in [0.4, 0.5) is 0 Å². The van der Waals surface area contributed by atoms with Crippen molar-refractivity contribution in [3.05, 3.63) is 34.3 Å². The van der Waals surface area contributed by atoms with Gasteiger partial charge in [-0.3, -0.25) is 4.79 Å². The van der Waals surface area contributed by atoms with Crippen LogP contribution in [-0.2, 0) is 16.0 Å². The van der Waals surface area contributed by atoms with Gasteiger partial charge in [-0.05, 0) is 82.9 Å². The van der Waals surface area contributed by atoms with Gasteiger partial charge in [0.1, 0.15) is 5.60 Å². The first-order valence-corrected chi connectivity index (χ1v) is 11.0. The van der Waals surface area contributed by atoms with Crippen LogP contribution in [0.25, 0.3) is 0 Å². The number of hydrogen-bond acceptors (Lipinski definition) is 4. The van der Waals surface area contributed by atoms with Crippen molar-refractivity contribution in [3.8, 4) is 0 Å². The van der Waals surface area contributed by atoms with Gasteiger partial charge >= 0.3 is 0 Å². The minimum absolute atomic E-state index is 0.318. The number of thioether (sulfide) groups is 1. The molecule has 0 radical (unpaired) electrons. The van der Waals surface area contributed by atoms with Gasteiger partial charge in [-0.1, -0.05) is 28.1 Å². The highest BCUT2D eigenvalue weighted by Crippen LogP contribution is 2.15. The number of aryl methyl sites for hydroxylation is 1. The largest absolute Gasteiger partial charge is 0.462 e. The van der Waals surface area contributed by atoms with E-state index in [2.05, 4.69) is 62.0 Å². The lowest BCUT2D eigenvalue weighted by Crippen LogP contribution is -2.23. The Balaban J connectivity index is 0.000000381. The van der Waals surface area contributed by atoms with E-state index in [1.54, 1.807) is 0 Å². The molecular formula is C20H32BrNO2S. The summed E-state index contributed by atoms with van der Waals surface area (Å²) in [6.07, 6.45) is 6.62. The number of hydrogen-bond donors (Lipinski definition) is 1. The number of nitrogens with one attached hydrogen (secondary N) is 1. The van der Waals surface area contributed by atoms with Gasteiger partial charge in [0.25, 0.3) is 6.47 Å². The number of halogens is 1. The van der Waals surface area contributed by atoms with E-state index in [1.807, 2.05) is 20.8 Å². The predicted molar refractivity (Wildman–Crippen MR) is 112 cm³/mol. The minimum atomic E-state index is -0.318. The van der Waals surface area contributed by atoms with Crippen LogP contribution < -0.4 is 5.32 Å². The molecule has 1 fully saturated rings. The van der Waals surface area contributed by atoms with Crippen LogP contribution in [0.15, 0.2) is 28.7 Å². The molecule has 2 rings (SSSR count). The Hall–Kier alpha value is -0.520. The van der Waals surface area contributed by atoms with E-state index >= 15 is 0 Å². The van der Waals surface area contributed by atoms with Crippen molar-refractivity contribution in [1.82, 2.24) is 5.32 Å². The summed E-state index contributed by atoms with van der Waals surface area (Å²) in [5.41, 5.74) is 1.14. The maximum Gasteiger partial charge on any atom is 0.293 e. The normalized spacial score (nSPS) is 16.9. The zero-order valence-corrected chi connectivity index (χ0v) is 18.1. The lowest BCUT2D eigenvalue weighted by Gasteiger charge is -2.14. The van der Waals surface area contributed by atoms with Gasteiger partial charge in [-0.2, -0.15) is 11.8 Å². The molecule has 1 aliphatic rings. The Kier molecular flexibility index (Phi) is 11.5. The van der Waals surface area contributed by atoms with Crippen molar-refractivity contribution in [2.75, 3.05) is 18.1 Å². The first kappa shape index (κ1) is 22.5. The molecule has 0 bridgehead atoms. The smallest absolute Gasteiger partial charge is 0.293 e. The SMILES string of the molecule is Brc1ccc(CCCCSC[C@@H]2CCCN2)cc1.CC(C)(C)OC=O. The first-order chi connectivity index (χ1) is 11.9. The van der Waals surface area contributed by atoms with E-state index in [4.69, 9.17) is 0 Å². The lowest BCUT2D eigenvalue weighted by molar-refractivity contribution is -0.138. The van der Waals surface area contributed by atoms with Gasteiger partial charge in [-0.15, -0.1) is 0 Å². The monoisotopic (exact) mass is 429 g/mol. The van der Waals surface area contributed by atoms with Crippen LogP contribution in [-0.4, -0.2) is 36.2 Å². The molecule has 25 heavy (non-hydrogen) atoms. The van der Waals surface area contributed by atoms with Gasteiger partial charge in [0.05, 0.1) is 0 Å². The zero-order valence-electron chi connectivity index (χ0n) is 15.7. The third kappa shape index (κ3) is 12.5. The van der Waals surface area contributed by atoms with E-state index in [0.717, 1.165) is 6.04 Å². The molecule has 0 aromatic heterocycles. The van der Waals surface area contributed by atoms with E-state index in [1.165, 1.54) is 60.2 Å². The Morgan fingerprint density at radius 1 is 1.28 bits per heavy atom. The van der Waals surface area contributed by atoms with Crippen LogP contribution in [0.2, 0.25) is 0 Å². The molecule has 0 spiro atoms. The molecule has 1 N–H and O–H groups in total. The van der Waals surface area contributed by atoms with E-state index in [0.29, 0.717) is 6.47 Å². The molecule has 3 nitrogen and oxygen atoms in total. The second-order valence-electron chi connectivity index (χ2n) is 7.28. The molecule has 142 valence electrons. The Morgan fingerprint density at radius 3 is 2.52 bits per heavy atom. The average Bonchev–Trinajstić information content (AvgIpc) is 3.05. The van der Waals surface area contributed by atoms with Gasteiger partial charge in [0, 0.05) is 16.3 Å². The van der Waals surface area contributed by atoms with E-state index in [9.17, 15) is 4.79 Å². The quantitative estimate of drug-likeness (QED) is 0.454. The van der Waals surface area contributed by atoms with E-state index < -0.39 is 0 Å². The number of carbonyl (C=O) groups excluding carboxylic acids is 1. The van der Waals surface area contributed by atoms with Crippen molar-refractivity contribution in [3.63, 3.8) is 0 Å². The molecule has 0 aliphatic carbocycles. The topological polar surface area (TPSA) is 38.3 Å². The van der Waals surface area contributed by atoms with Gasteiger partial charge in [-0.25, -0.2) is 0 Å². The second-order valence-corrected chi connectivity index (χ2v) is 9.34. The summed E-state index contributed by atoms with van der Waals surface area (Å²) in [6, 6.07) is 9.51. The molecule has 1 saturated heterocycles. The number of carbonyl (C=O) groups is 1. The maximum atomic E-state index is 9.60. The molecule has 1 aromatic carbocycles. The fourth-order valence-electron chi connectivity index (χ4n) is 2.45. The van der Waals surface area contributed by atoms with E-state index in [-0.39, 0.29) is 5.60 Å². The summed E-state index contributed by atoms with van der Waals surface area (Å²) in [7, 11) is 0. The Morgan fingerprint density at radius 2 is 2.00 bits per heavy atom. The lowest BCUT2D eigenvalue weighted by atomic mass is 10.1. The van der Waals surface area contributed by atoms with Crippen molar-refractivity contribution in [2.45, 2.75) is 64.5 Å². The van der Waals surface area contributed by atoms with Crippen molar-refractivity contribution >= 4 is 34.2 Å². The standard InChI is InChI=1S/C15H22BrNS.C5H10O2/c16-14-8-6-13(7-9-14)4-1-2-11-18-12-15-5-3-10-17-15;1-5(2,3)7-4-6/h6-9,15,17H,1-5,10-12H2;4H,1-3H3/t15-;/m0./s1. The number of rotatable bonds is 8. The third-order valence-corrected chi connectivity index (χ3v) is 5.54. The summed E-state index contributed by atoms with van der Waals surface area (Å²) >= 11 is 5.59. The molecule has 0 saturated carbocycles. The van der Waals surface area contributed by atoms with Crippen LogP contribution in [0.3, 0.4) is 0 Å². The maximum absolute atomic E-state index is 9.60. The number of ether oxygens (including phenoxy) is 1. The third-order valence-electron chi connectivity index (χ3n) is 3.80. The zero-order chi connectivity index (χ0) is 18.5. The minimum Gasteiger partial charge on any atom is -0.462 e. The first-order valence-electron chi connectivity index (χ1n) is 9.08. The van der Waals surface area contributed by atoms with Crippen molar-refractivity contribution in [1.29, 1.82) is 0 Å². The molecule has 5 heteroatoms. The fourth-order valence-corrected chi connectivity index (χ4v) is 3.86. The summed E-state index contributed by atoms with van der Waals surface area (Å²) in [4.78, 5) is 9.60. The summed E-state index contributed by atoms with van der Waals surface area (Å²) in [5, 5.41) is 3.55. The van der Waals surface area contributed by atoms with Crippen molar-refractivity contribution in [2.24, 2.45) is 0 Å².